The van der Waals surface area contributed by atoms with Crippen molar-refractivity contribution in [3.05, 3.63) is 105 Å². The second kappa shape index (κ2) is 11.8. The van der Waals surface area contributed by atoms with Gasteiger partial charge in [0.05, 0.1) is 30.4 Å². The van der Waals surface area contributed by atoms with Gasteiger partial charge >= 0.3 is 0 Å². The zero-order valence-electron chi connectivity index (χ0n) is 24.0. The molecule has 1 saturated heterocycles. The number of hydrogen-bond donors (Lipinski definition) is 0. The number of carbonyl (C=O) groups is 2. The van der Waals surface area contributed by atoms with Gasteiger partial charge in [-0.2, -0.15) is 0 Å². The number of amides is 2. The van der Waals surface area contributed by atoms with Crippen molar-refractivity contribution in [2.24, 2.45) is 0 Å². The number of benzene rings is 3. The molecule has 2 amide bonds. The molecule has 0 N–H and O–H groups in total. The molecule has 0 bridgehead atoms. The van der Waals surface area contributed by atoms with Gasteiger partial charge in [-0.3, -0.25) is 19.7 Å². The Morgan fingerprint density at radius 3 is 2.05 bits per heavy atom. The van der Waals surface area contributed by atoms with E-state index < -0.39 is 4.92 Å². The van der Waals surface area contributed by atoms with Crippen LogP contribution in [0.3, 0.4) is 0 Å². The molecule has 1 aromatic heterocycles. The molecule has 0 atom stereocenters. The van der Waals surface area contributed by atoms with Crippen molar-refractivity contribution in [2.75, 3.05) is 40.4 Å². The standard InChI is InChI=1S/C32H32N4O6/c1-21-8-9-24(18-29(21)36(39)40)31(37)33-14-16-34(17-15-33)32(38)28-20-30(23-10-12-26(41-3)13-11-23)35(22(28)2)25-6-5-7-27(19-25)42-4/h5-13,18-20H,14-17H2,1-4H3. The van der Waals surface area contributed by atoms with E-state index >= 15 is 0 Å². The molecule has 42 heavy (non-hydrogen) atoms. The van der Waals surface area contributed by atoms with Gasteiger partial charge in [-0.15, -0.1) is 0 Å². The number of nitro benzene ring substituents is 1. The largest absolute Gasteiger partial charge is 0.497 e. The SMILES string of the molecule is COc1ccc(-c2cc(C(=O)N3CCN(C(=O)c4ccc(C)c([N+](=O)[O-])c4)CC3)c(C)n2-c2cccc(OC)c2)cc1. The number of aromatic nitrogens is 1. The molecular formula is C32H32N4O6. The Bertz CT molecular complexity index is 1650. The summed E-state index contributed by atoms with van der Waals surface area (Å²) >= 11 is 0. The molecule has 10 nitrogen and oxygen atoms in total. The lowest BCUT2D eigenvalue weighted by Gasteiger charge is -2.34. The third-order valence-electron chi connectivity index (χ3n) is 7.68. The molecule has 0 saturated carbocycles. The summed E-state index contributed by atoms with van der Waals surface area (Å²) in [7, 11) is 3.23. The van der Waals surface area contributed by atoms with Crippen molar-refractivity contribution in [1.29, 1.82) is 0 Å². The second-order valence-electron chi connectivity index (χ2n) is 10.1. The van der Waals surface area contributed by atoms with Gasteiger partial charge in [-0.05, 0) is 67.9 Å². The molecule has 0 radical (unpaired) electrons. The average molecular weight is 569 g/mol. The number of aryl methyl sites for hydroxylation is 1. The van der Waals surface area contributed by atoms with Crippen LogP contribution in [0.4, 0.5) is 5.69 Å². The van der Waals surface area contributed by atoms with E-state index in [-0.39, 0.29) is 23.1 Å². The van der Waals surface area contributed by atoms with E-state index in [0.717, 1.165) is 28.4 Å². The van der Waals surface area contributed by atoms with Gasteiger partial charge in [0.1, 0.15) is 11.5 Å². The highest BCUT2D eigenvalue weighted by atomic mass is 16.6. The monoisotopic (exact) mass is 568 g/mol. The molecular weight excluding hydrogens is 536 g/mol. The van der Waals surface area contributed by atoms with Gasteiger partial charge in [0, 0.05) is 60.8 Å². The third-order valence-corrected chi connectivity index (χ3v) is 7.68. The van der Waals surface area contributed by atoms with Crippen LogP contribution in [0.25, 0.3) is 16.9 Å². The van der Waals surface area contributed by atoms with Gasteiger partial charge in [0.15, 0.2) is 0 Å². The Morgan fingerprint density at radius 1 is 0.786 bits per heavy atom. The maximum atomic E-state index is 13.9. The molecule has 5 rings (SSSR count). The first-order valence-electron chi connectivity index (χ1n) is 13.6. The first kappa shape index (κ1) is 28.4. The average Bonchev–Trinajstić information content (AvgIpc) is 3.37. The normalized spacial score (nSPS) is 13.1. The Morgan fingerprint density at radius 2 is 1.43 bits per heavy atom. The molecule has 1 fully saturated rings. The van der Waals surface area contributed by atoms with Crippen LogP contribution in [0.5, 0.6) is 11.5 Å². The number of hydrogen-bond acceptors (Lipinski definition) is 6. The Labute approximate surface area is 243 Å². The minimum atomic E-state index is -0.483. The number of ether oxygens (including phenoxy) is 2. The lowest BCUT2D eigenvalue weighted by atomic mass is 10.1. The van der Waals surface area contributed by atoms with E-state index in [9.17, 15) is 19.7 Å². The molecule has 1 aliphatic rings. The molecule has 0 unspecified atom stereocenters. The Hall–Kier alpha value is -5.12. The van der Waals surface area contributed by atoms with Crippen LogP contribution in [-0.2, 0) is 0 Å². The summed E-state index contributed by atoms with van der Waals surface area (Å²) in [6.45, 7) is 4.91. The second-order valence-corrected chi connectivity index (χ2v) is 10.1. The fraction of sp³-hybridized carbons (Fsp3) is 0.250. The van der Waals surface area contributed by atoms with Crippen molar-refractivity contribution < 1.29 is 24.0 Å². The topological polar surface area (TPSA) is 107 Å². The fourth-order valence-electron chi connectivity index (χ4n) is 5.28. The van der Waals surface area contributed by atoms with Crippen LogP contribution in [0.1, 0.15) is 32.0 Å². The van der Waals surface area contributed by atoms with E-state index in [1.807, 2.05) is 66.1 Å². The van der Waals surface area contributed by atoms with Crippen LogP contribution < -0.4 is 9.47 Å². The van der Waals surface area contributed by atoms with Gasteiger partial charge in [-0.1, -0.05) is 12.1 Å². The van der Waals surface area contributed by atoms with Crippen molar-refractivity contribution in [1.82, 2.24) is 14.4 Å². The number of piperazine rings is 1. The van der Waals surface area contributed by atoms with Gasteiger partial charge in [-0.25, -0.2) is 0 Å². The van der Waals surface area contributed by atoms with E-state index in [1.54, 1.807) is 43.1 Å². The maximum absolute atomic E-state index is 13.9. The summed E-state index contributed by atoms with van der Waals surface area (Å²) in [5, 5.41) is 11.3. The molecule has 3 aromatic carbocycles. The number of methoxy groups -OCH3 is 2. The zero-order valence-corrected chi connectivity index (χ0v) is 24.0. The van der Waals surface area contributed by atoms with Crippen molar-refractivity contribution >= 4 is 17.5 Å². The molecule has 216 valence electrons. The van der Waals surface area contributed by atoms with Crippen molar-refractivity contribution in [3.63, 3.8) is 0 Å². The van der Waals surface area contributed by atoms with E-state index in [1.165, 1.54) is 6.07 Å². The summed E-state index contributed by atoms with van der Waals surface area (Å²) in [4.78, 5) is 41.2. The quantitative estimate of drug-likeness (QED) is 0.222. The van der Waals surface area contributed by atoms with Crippen molar-refractivity contribution in [3.8, 4) is 28.4 Å². The minimum absolute atomic E-state index is 0.0849. The highest BCUT2D eigenvalue weighted by Gasteiger charge is 2.29. The summed E-state index contributed by atoms with van der Waals surface area (Å²) in [6, 6.07) is 21.8. The highest BCUT2D eigenvalue weighted by molar-refractivity contribution is 5.98. The Balaban J connectivity index is 1.41. The third kappa shape index (κ3) is 5.43. The van der Waals surface area contributed by atoms with Crippen LogP contribution in [-0.4, -0.2) is 71.5 Å². The van der Waals surface area contributed by atoms with Gasteiger partial charge in [0.2, 0.25) is 0 Å². The van der Waals surface area contributed by atoms with Crippen molar-refractivity contribution in [2.45, 2.75) is 13.8 Å². The molecule has 0 spiro atoms. The summed E-state index contributed by atoms with van der Waals surface area (Å²) in [5.74, 6) is 1.03. The van der Waals surface area contributed by atoms with E-state index in [4.69, 9.17) is 9.47 Å². The number of nitro groups is 1. The van der Waals surface area contributed by atoms with Crippen LogP contribution in [0.15, 0.2) is 72.8 Å². The lowest BCUT2D eigenvalue weighted by Crippen LogP contribution is -2.50. The van der Waals surface area contributed by atoms with Crippen LogP contribution in [0.2, 0.25) is 0 Å². The van der Waals surface area contributed by atoms with Crippen LogP contribution in [0, 0.1) is 24.0 Å². The maximum Gasteiger partial charge on any atom is 0.273 e. The molecule has 1 aliphatic heterocycles. The predicted octanol–water partition coefficient (Wildman–Crippen LogP) is 5.28. The van der Waals surface area contributed by atoms with Crippen LogP contribution >= 0.6 is 0 Å². The molecule has 4 aromatic rings. The van der Waals surface area contributed by atoms with Gasteiger partial charge in [0.25, 0.3) is 17.5 Å². The molecule has 10 heteroatoms. The van der Waals surface area contributed by atoms with E-state index in [0.29, 0.717) is 43.1 Å². The summed E-state index contributed by atoms with van der Waals surface area (Å²) in [5.41, 5.74) is 4.66. The number of rotatable bonds is 7. The number of carbonyl (C=O) groups excluding carboxylic acids is 2. The van der Waals surface area contributed by atoms with E-state index in [2.05, 4.69) is 0 Å². The first-order chi connectivity index (χ1) is 20.2. The summed E-state index contributed by atoms with van der Waals surface area (Å²) < 4.78 is 12.8. The minimum Gasteiger partial charge on any atom is -0.497 e. The number of nitrogens with zero attached hydrogens (tertiary/aromatic N) is 4. The highest BCUT2D eigenvalue weighted by Crippen LogP contribution is 2.32. The molecule has 2 heterocycles. The first-order valence-corrected chi connectivity index (χ1v) is 13.6. The predicted molar refractivity (Wildman–Crippen MR) is 159 cm³/mol. The summed E-state index contributed by atoms with van der Waals surface area (Å²) in [6.07, 6.45) is 0. The zero-order chi connectivity index (χ0) is 30.0. The Kier molecular flexibility index (Phi) is 7.97. The molecule has 0 aliphatic carbocycles. The van der Waals surface area contributed by atoms with Gasteiger partial charge < -0.3 is 23.8 Å². The smallest absolute Gasteiger partial charge is 0.273 e. The fourth-order valence-corrected chi connectivity index (χ4v) is 5.28. The lowest BCUT2D eigenvalue weighted by molar-refractivity contribution is -0.385.